The highest BCUT2D eigenvalue weighted by atomic mass is 31.2. The monoisotopic (exact) mass is 274 g/mol. The third-order valence-electron chi connectivity index (χ3n) is 2.95. The predicted octanol–water partition coefficient (Wildman–Crippen LogP) is 3.57. The summed E-state index contributed by atoms with van der Waals surface area (Å²) in [5, 5.41) is 1.53. The molecule has 2 aromatic carbocycles. The minimum absolute atomic E-state index is 0.430. The van der Waals surface area contributed by atoms with Gasteiger partial charge in [-0.05, 0) is 45.0 Å². The summed E-state index contributed by atoms with van der Waals surface area (Å²) in [7, 11) is -2.98. The highest BCUT2D eigenvalue weighted by molar-refractivity contribution is 7.74. The molecule has 0 radical (unpaired) electrons. The second-order valence-corrected chi connectivity index (χ2v) is 7.04. The maximum absolute atomic E-state index is 13.3. The molecule has 1 unspecified atom stereocenters. The van der Waals surface area contributed by atoms with Crippen molar-refractivity contribution in [2.24, 2.45) is 0 Å². The molecule has 100 valence electrons. The van der Waals surface area contributed by atoms with Gasteiger partial charge in [-0.15, -0.1) is 0 Å². The van der Waals surface area contributed by atoms with Crippen LogP contribution in [0.25, 0.3) is 0 Å². The van der Waals surface area contributed by atoms with Crippen LogP contribution in [0.2, 0.25) is 0 Å². The van der Waals surface area contributed by atoms with Crippen molar-refractivity contribution in [1.82, 2.24) is 0 Å². The van der Waals surface area contributed by atoms with E-state index in [0.717, 1.165) is 21.7 Å². The zero-order valence-corrected chi connectivity index (χ0v) is 12.5. The summed E-state index contributed by atoms with van der Waals surface area (Å²) in [5.41, 5.74) is 2.21. The van der Waals surface area contributed by atoms with Gasteiger partial charge in [-0.1, -0.05) is 35.4 Å². The van der Waals surface area contributed by atoms with Crippen molar-refractivity contribution in [3.8, 4) is 0 Å². The number of benzene rings is 2. The van der Waals surface area contributed by atoms with Gasteiger partial charge in [0.15, 0.2) is 0 Å². The van der Waals surface area contributed by atoms with E-state index >= 15 is 0 Å². The van der Waals surface area contributed by atoms with Gasteiger partial charge in [0.1, 0.15) is 0 Å². The molecule has 0 saturated heterocycles. The van der Waals surface area contributed by atoms with Crippen LogP contribution in [-0.4, -0.2) is 6.61 Å². The summed E-state index contributed by atoms with van der Waals surface area (Å²) >= 11 is 0. The topological polar surface area (TPSA) is 26.3 Å². The first-order valence-electron chi connectivity index (χ1n) is 6.45. The first kappa shape index (κ1) is 14.0. The maximum Gasteiger partial charge on any atom is 0.261 e. The molecule has 0 N–H and O–H groups in total. The van der Waals surface area contributed by atoms with Crippen LogP contribution < -0.4 is 10.6 Å². The Morgan fingerprint density at radius 2 is 1.53 bits per heavy atom. The van der Waals surface area contributed by atoms with Crippen LogP contribution in [0.4, 0.5) is 0 Å². The summed E-state index contributed by atoms with van der Waals surface area (Å²) in [4.78, 5) is 0. The van der Waals surface area contributed by atoms with E-state index < -0.39 is 7.37 Å². The Balaban J connectivity index is 2.59. The molecular formula is C16H19O2P. The quantitative estimate of drug-likeness (QED) is 0.797. The van der Waals surface area contributed by atoms with Crippen molar-refractivity contribution >= 4 is 18.0 Å². The van der Waals surface area contributed by atoms with Gasteiger partial charge < -0.3 is 4.52 Å². The predicted molar refractivity (Wildman–Crippen MR) is 80.9 cm³/mol. The molecule has 3 heteroatoms. The highest BCUT2D eigenvalue weighted by Crippen LogP contribution is 2.44. The second kappa shape index (κ2) is 5.73. The molecule has 0 fully saturated rings. The Morgan fingerprint density at radius 3 is 2.05 bits per heavy atom. The normalized spacial score (nSPS) is 14.1. The van der Waals surface area contributed by atoms with E-state index in [1.165, 1.54) is 0 Å². The van der Waals surface area contributed by atoms with Gasteiger partial charge in [-0.2, -0.15) is 0 Å². The Hall–Kier alpha value is -1.37. The smallest absolute Gasteiger partial charge is 0.261 e. The first-order valence-corrected chi connectivity index (χ1v) is 8.08. The molecule has 0 amide bonds. The largest absolute Gasteiger partial charge is 0.322 e. The van der Waals surface area contributed by atoms with Crippen molar-refractivity contribution in [1.29, 1.82) is 0 Å². The van der Waals surface area contributed by atoms with E-state index in [1.807, 2.05) is 63.2 Å². The van der Waals surface area contributed by atoms with E-state index in [9.17, 15) is 4.57 Å². The fraction of sp³-hybridized carbons (Fsp3) is 0.250. The third kappa shape index (κ3) is 2.97. The molecule has 1 atom stereocenters. The molecule has 0 spiro atoms. The van der Waals surface area contributed by atoms with Crippen LogP contribution >= 0.6 is 7.37 Å². The lowest BCUT2D eigenvalue weighted by atomic mass is 10.2. The van der Waals surface area contributed by atoms with Crippen LogP contribution in [0.3, 0.4) is 0 Å². The van der Waals surface area contributed by atoms with Crippen molar-refractivity contribution in [2.75, 3.05) is 6.61 Å². The van der Waals surface area contributed by atoms with Crippen molar-refractivity contribution in [2.45, 2.75) is 20.8 Å². The molecule has 0 aliphatic heterocycles. The Bertz CT molecular complexity index is 585. The van der Waals surface area contributed by atoms with E-state index in [2.05, 4.69) is 6.07 Å². The average molecular weight is 274 g/mol. The zero-order chi connectivity index (χ0) is 13.9. The number of hydrogen-bond acceptors (Lipinski definition) is 2. The molecule has 2 rings (SSSR count). The SMILES string of the molecule is CCOP(=O)(c1ccccc1)c1cc(C)cc(C)c1. The lowest BCUT2D eigenvalue weighted by Gasteiger charge is -2.19. The third-order valence-corrected chi connectivity index (χ3v) is 5.49. The van der Waals surface area contributed by atoms with Crippen LogP contribution in [-0.2, 0) is 9.09 Å². The van der Waals surface area contributed by atoms with Gasteiger partial charge in [0.25, 0.3) is 7.37 Å². The summed E-state index contributed by atoms with van der Waals surface area (Å²) in [5.74, 6) is 0. The fourth-order valence-corrected chi connectivity index (χ4v) is 4.50. The average Bonchev–Trinajstić information content (AvgIpc) is 2.39. The van der Waals surface area contributed by atoms with Gasteiger partial charge in [0, 0.05) is 10.6 Å². The lowest BCUT2D eigenvalue weighted by Crippen LogP contribution is -2.19. The van der Waals surface area contributed by atoms with Gasteiger partial charge in [-0.3, -0.25) is 4.57 Å². The second-order valence-electron chi connectivity index (χ2n) is 4.65. The van der Waals surface area contributed by atoms with Gasteiger partial charge in [0.05, 0.1) is 6.61 Å². The van der Waals surface area contributed by atoms with Gasteiger partial charge in [-0.25, -0.2) is 0 Å². The number of hydrogen-bond donors (Lipinski definition) is 0. The first-order chi connectivity index (χ1) is 9.06. The van der Waals surface area contributed by atoms with Crippen molar-refractivity contribution < 1.29 is 9.09 Å². The summed E-state index contributed by atoms with van der Waals surface area (Å²) < 4.78 is 19.0. The summed E-state index contributed by atoms with van der Waals surface area (Å²) in [6.45, 7) is 6.33. The standard InChI is InChI=1S/C16H19O2P/c1-4-18-19(17,15-8-6-5-7-9-15)16-11-13(2)10-14(3)12-16/h5-12H,4H2,1-3H3. The minimum atomic E-state index is -2.98. The molecule has 2 nitrogen and oxygen atoms in total. The Morgan fingerprint density at radius 1 is 0.947 bits per heavy atom. The molecule has 19 heavy (non-hydrogen) atoms. The molecule has 0 saturated carbocycles. The fourth-order valence-electron chi connectivity index (χ4n) is 2.22. The molecule has 0 heterocycles. The molecule has 0 bridgehead atoms. The Labute approximate surface area is 114 Å². The summed E-state index contributed by atoms with van der Waals surface area (Å²) in [6, 6.07) is 15.4. The summed E-state index contributed by atoms with van der Waals surface area (Å²) in [6.07, 6.45) is 0. The van der Waals surface area contributed by atoms with E-state index in [0.29, 0.717) is 6.61 Å². The maximum atomic E-state index is 13.3. The highest BCUT2D eigenvalue weighted by Gasteiger charge is 2.28. The zero-order valence-electron chi connectivity index (χ0n) is 11.6. The number of aryl methyl sites for hydroxylation is 2. The molecule has 2 aromatic rings. The van der Waals surface area contributed by atoms with Crippen LogP contribution in [0.5, 0.6) is 0 Å². The van der Waals surface area contributed by atoms with E-state index in [-0.39, 0.29) is 0 Å². The van der Waals surface area contributed by atoms with Crippen molar-refractivity contribution in [3.05, 3.63) is 59.7 Å². The van der Waals surface area contributed by atoms with Gasteiger partial charge in [0.2, 0.25) is 0 Å². The van der Waals surface area contributed by atoms with E-state index in [1.54, 1.807) is 0 Å². The van der Waals surface area contributed by atoms with E-state index in [4.69, 9.17) is 4.52 Å². The van der Waals surface area contributed by atoms with Crippen molar-refractivity contribution in [3.63, 3.8) is 0 Å². The molecule has 0 aliphatic carbocycles. The number of rotatable bonds is 4. The van der Waals surface area contributed by atoms with Crippen LogP contribution in [0.15, 0.2) is 48.5 Å². The Kier molecular flexibility index (Phi) is 4.24. The van der Waals surface area contributed by atoms with Gasteiger partial charge >= 0.3 is 0 Å². The molecule has 0 aliphatic rings. The van der Waals surface area contributed by atoms with Crippen LogP contribution in [0, 0.1) is 13.8 Å². The molecule has 0 aromatic heterocycles. The lowest BCUT2D eigenvalue weighted by molar-refractivity contribution is 0.348. The van der Waals surface area contributed by atoms with Crippen LogP contribution in [0.1, 0.15) is 18.1 Å². The molecular weight excluding hydrogens is 255 g/mol. The minimum Gasteiger partial charge on any atom is -0.322 e.